The molecule has 2 unspecified atom stereocenters. The standard InChI is InChI=1S/C14H18N4OS/c1-2-3-10-7-12(19)18-13(15-10)20-14(16-18)17-8-9-4-5-11(17)6-9/h7,9,11H,2-6,8H2,1H3. The fourth-order valence-electron chi connectivity index (χ4n) is 3.51. The van der Waals surface area contributed by atoms with Crippen molar-refractivity contribution in [2.45, 2.75) is 45.1 Å². The number of rotatable bonds is 3. The number of piperidine rings is 1. The summed E-state index contributed by atoms with van der Waals surface area (Å²) < 4.78 is 1.46. The minimum Gasteiger partial charge on any atom is -0.343 e. The molecule has 0 amide bonds. The van der Waals surface area contributed by atoms with Gasteiger partial charge in [0, 0.05) is 24.3 Å². The Kier molecular flexibility index (Phi) is 2.80. The smallest absolute Gasteiger partial charge is 0.275 e. The second-order valence-electron chi connectivity index (χ2n) is 5.90. The average Bonchev–Trinajstić information content (AvgIpc) is 3.12. The third-order valence-corrected chi connectivity index (χ3v) is 5.39. The fourth-order valence-corrected chi connectivity index (χ4v) is 4.51. The summed E-state index contributed by atoms with van der Waals surface area (Å²) in [5, 5.41) is 5.47. The molecule has 1 aliphatic carbocycles. The molecule has 1 saturated carbocycles. The number of fused-ring (bicyclic) bond motifs is 3. The Morgan fingerprint density at radius 2 is 2.35 bits per heavy atom. The van der Waals surface area contributed by atoms with Gasteiger partial charge in [0.25, 0.3) is 5.56 Å². The van der Waals surface area contributed by atoms with Crippen LogP contribution in [0.25, 0.3) is 4.96 Å². The zero-order chi connectivity index (χ0) is 13.7. The molecule has 1 saturated heterocycles. The van der Waals surface area contributed by atoms with E-state index in [4.69, 9.17) is 0 Å². The van der Waals surface area contributed by atoms with Gasteiger partial charge < -0.3 is 4.90 Å². The number of aryl methyl sites for hydroxylation is 1. The van der Waals surface area contributed by atoms with E-state index in [9.17, 15) is 4.79 Å². The van der Waals surface area contributed by atoms with Crippen molar-refractivity contribution >= 4 is 21.4 Å². The minimum atomic E-state index is -0.0506. The maximum absolute atomic E-state index is 12.1. The normalized spacial score (nSPS) is 24.9. The molecule has 2 aromatic heterocycles. The Labute approximate surface area is 121 Å². The van der Waals surface area contributed by atoms with Crippen molar-refractivity contribution in [1.82, 2.24) is 14.6 Å². The van der Waals surface area contributed by atoms with Gasteiger partial charge in [-0.2, -0.15) is 4.52 Å². The van der Waals surface area contributed by atoms with Crippen molar-refractivity contribution in [3.8, 4) is 0 Å². The van der Waals surface area contributed by atoms with Crippen LogP contribution in [-0.4, -0.2) is 27.2 Å². The van der Waals surface area contributed by atoms with Crippen LogP contribution < -0.4 is 10.5 Å². The van der Waals surface area contributed by atoms with E-state index < -0.39 is 0 Å². The highest BCUT2D eigenvalue weighted by atomic mass is 32.1. The predicted octanol–water partition coefficient (Wildman–Crippen LogP) is 2.09. The molecule has 2 fully saturated rings. The number of hydrogen-bond acceptors (Lipinski definition) is 5. The van der Waals surface area contributed by atoms with Crippen molar-refractivity contribution in [2.75, 3.05) is 11.4 Å². The lowest BCUT2D eigenvalue weighted by Gasteiger charge is -2.25. The van der Waals surface area contributed by atoms with Crippen LogP contribution >= 0.6 is 11.3 Å². The first-order chi connectivity index (χ1) is 9.74. The van der Waals surface area contributed by atoms with Crippen LogP contribution in [-0.2, 0) is 6.42 Å². The summed E-state index contributed by atoms with van der Waals surface area (Å²) in [6.07, 6.45) is 5.77. The van der Waals surface area contributed by atoms with E-state index in [-0.39, 0.29) is 5.56 Å². The average molecular weight is 290 g/mol. The highest BCUT2D eigenvalue weighted by molar-refractivity contribution is 7.20. The lowest BCUT2D eigenvalue weighted by molar-refractivity contribution is 0.551. The molecule has 6 heteroatoms. The van der Waals surface area contributed by atoms with Gasteiger partial charge in [-0.25, -0.2) is 4.98 Å². The van der Waals surface area contributed by atoms with E-state index in [0.717, 1.165) is 41.1 Å². The van der Waals surface area contributed by atoms with Crippen LogP contribution in [0.5, 0.6) is 0 Å². The Morgan fingerprint density at radius 3 is 3.05 bits per heavy atom. The molecule has 3 heterocycles. The lowest BCUT2D eigenvalue weighted by atomic mass is 10.1. The van der Waals surface area contributed by atoms with Gasteiger partial charge in [-0.15, -0.1) is 5.10 Å². The highest BCUT2D eigenvalue weighted by Gasteiger charge is 2.39. The first-order valence-corrected chi connectivity index (χ1v) is 8.22. The predicted molar refractivity (Wildman–Crippen MR) is 79.6 cm³/mol. The minimum absolute atomic E-state index is 0.0506. The molecule has 0 N–H and O–H groups in total. The summed E-state index contributed by atoms with van der Waals surface area (Å²) in [6, 6.07) is 2.25. The van der Waals surface area contributed by atoms with E-state index in [2.05, 4.69) is 21.9 Å². The molecule has 0 aromatic carbocycles. The topological polar surface area (TPSA) is 50.5 Å². The Morgan fingerprint density at radius 1 is 1.45 bits per heavy atom. The lowest BCUT2D eigenvalue weighted by Crippen LogP contribution is -2.32. The highest BCUT2D eigenvalue weighted by Crippen LogP contribution is 2.41. The van der Waals surface area contributed by atoms with Crippen molar-refractivity contribution in [1.29, 1.82) is 0 Å². The molecule has 2 atom stereocenters. The maximum Gasteiger partial charge on any atom is 0.275 e. The van der Waals surface area contributed by atoms with Gasteiger partial charge in [-0.05, 0) is 31.6 Å². The largest absolute Gasteiger partial charge is 0.343 e. The van der Waals surface area contributed by atoms with Gasteiger partial charge in [0.15, 0.2) is 0 Å². The van der Waals surface area contributed by atoms with Crippen molar-refractivity contribution in [2.24, 2.45) is 5.92 Å². The van der Waals surface area contributed by atoms with Crippen molar-refractivity contribution in [3.63, 3.8) is 0 Å². The quantitative estimate of drug-likeness (QED) is 0.868. The van der Waals surface area contributed by atoms with E-state index in [1.54, 1.807) is 17.4 Å². The summed E-state index contributed by atoms with van der Waals surface area (Å²) in [7, 11) is 0. The zero-order valence-corrected chi connectivity index (χ0v) is 12.4. The molecule has 0 radical (unpaired) electrons. The molecule has 106 valence electrons. The van der Waals surface area contributed by atoms with Gasteiger partial charge in [0.05, 0.1) is 0 Å². The summed E-state index contributed by atoms with van der Waals surface area (Å²) in [5.41, 5.74) is 0.834. The van der Waals surface area contributed by atoms with Gasteiger partial charge in [0.2, 0.25) is 10.1 Å². The molecule has 20 heavy (non-hydrogen) atoms. The van der Waals surface area contributed by atoms with E-state index in [1.807, 2.05) is 0 Å². The van der Waals surface area contributed by atoms with Crippen molar-refractivity contribution < 1.29 is 0 Å². The van der Waals surface area contributed by atoms with Gasteiger partial charge in [-0.3, -0.25) is 4.79 Å². The van der Waals surface area contributed by atoms with E-state index >= 15 is 0 Å². The molecule has 4 rings (SSSR count). The molecule has 2 bridgehead atoms. The second kappa shape index (κ2) is 4.55. The van der Waals surface area contributed by atoms with E-state index in [1.165, 1.54) is 23.8 Å². The molecule has 0 spiro atoms. The first kappa shape index (κ1) is 12.3. The number of nitrogens with zero attached hydrogens (tertiary/aromatic N) is 4. The Hall–Kier alpha value is -1.43. The summed E-state index contributed by atoms with van der Waals surface area (Å²) in [4.78, 5) is 19.8. The number of aromatic nitrogens is 3. The third-order valence-electron chi connectivity index (χ3n) is 4.45. The molecule has 5 nitrogen and oxygen atoms in total. The third kappa shape index (κ3) is 1.85. The van der Waals surface area contributed by atoms with Crippen LogP contribution in [0, 0.1) is 5.92 Å². The summed E-state index contributed by atoms with van der Waals surface area (Å²) in [6.45, 7) is 3.20. The summed E-state index contributed by atoms with van der Waals surface area (Å²) >= 11 is 1.56. The molecule has 1 aliphatic heterocycles. The van der Waals surface area contributed by atoms with Crippen LogP contribution in [0.15, 0.2) is 10.9 Å². The van der Waals surface area contributed by atoms with Crippen LogP contribution in [0.4, 0.5) is 5.13 Å². The molecule has 2 aliphatic rings. The Bertz CT molecular complexity index is 707. The number of hydrogen-bond donors (Lipinski definition) is 0. The summed E-state index contributed by atoms with van der Waals surface area (Å²) in [5.74, 6) is 0.826. The monoisotopic (exact) mass is 290 g/mol. The van der Waals surface area contributed by atoms with Crippen molar-refractivity contribution in [3.05, 3.63) is 22.1 Å². The zero-order valence-electron chi connectivity index (χ0n) is 11.6. The molecular formula is C14H18N4OS. The first-order valence-electron chi connectivity index (χ1n) is 7.41. The second-order valence-corrected chi connectivity index (χ2v) is 6.83. The van der Waals surface area contributed by atoms with Gasteiger partial charge >= 0.3 is 0 Å². The van der Waals surface area contributed by atoms with E-state index in [0.29, 0.717) is 6.04 Å². The van der Waals surface area contributed by atoms with Gasteiger partial charge in [0.1, 0.15) is 0 Å². The molecular weight excluding hydrogens is 272 g/mol. The van der Waals surface area contributed by atoms with Crippen LogP contribution in [0.3, 0.4) is 0 Å². The SMILES string of the molecule is CCCc1cc(=O)n2nc(N3CC4CCC3C4)sc2n1. The molecule has 2 aromatic rings. The van der Waals surface area contributed by atoms with Crippen LogP contribution in [0.2, 0.25) is 0 Å². The maximum atomic E-state index is 12.1. The van der Waals surface area contributed by atoms with Gasteiger partial charge in [-0.1, -0.05) is 24.7 Å². The Balaban J connectivity index is 1.75. The number of anilines is 1. The fraction of sp³-hybridized carbons (Fsp3) is 0.643. The van der Waals surface area contributed by atoms with Crippen LogP contribution in [0.1, 0.15) is 38.3 Å².